The summed E-state index contributed by atoms with van der Waals surface area (Å²) >= 11 is 0. The van der Waals surface area contributed by atoms with Gasteiger partial charge in [0.25, 0.3) is 5.91 Å². The molecule has 1 aromatic heterocycles. The Labute approximate surface area is 180 Å². The quantitative estimate of drug-likeness (QED) is 0.518. The average Bonchev–Trinajstić information content (AvgIpc) is 3.05. The van der Waals surface area contributed by atoms with E-state index >= 15 is 0 Å². The van der Waals surface area contributed by atoms with Crippen LogP contribution in [-0.4, -0.2) is 27.7 Å². The van der Waals surface area contributed by atoms with Gasteiger partial charge in [-0.1, -0.05) is 6.07 Å². The van der Waals surface area contributed by atoms with Crippen molar-refractivity contribution in [2.45, 2.75) is 37.9 Å². The summed E-state index contributed by atoms with van der Waals surface area (Å²) < 4.78 is 68.0. The van der Waals surface area contributed by atoms with Crippen LogP contribution in [0.1, 0.15) is 36.0 Å². The van der Waals surface area contributed by atoms with Crippen LogP contribution in [0.25, 0.3) is 11.0 Å². The number of anilines is 2. The Bertz CT molecular complexity index is 1130. The molecule has 0 atom stereocenters. The van der Waals surface area contributed by atoms with E-state index in [2.05, 4.69) is 15.6 Å². The molecule has 2 aromatic carbocycles. The van der Waals surface area contributed by atoms with Crippen LogP contribution in [0.3, 0.4) is 0 Å². The van der Waals surface area contributed by atoms with E-state index in [9.17, 15) is 26.7 Å². The van der Waals surface area contributed by atoms with E-state index in [1.807, 2.05) is 0 Å². The second-order valence-electron chi connectivity index (χ2n) is 7.98. The summed E-state index contributed by atoms with van der Waals surface area (Å²) in [6.45, 7) is 0. The summed E-state index contributed by atoms with van der Waals surface area (Å²) in [5, 5.41) is 5.43. The van der Waals surface area contributed by atoms with Crippen molar-refractivity contribution in [3.63, 3.8) is 0 Å². The van der Waals surface area contributed by atoms with Crippen LogP contribution in [0.2, 0.25) is 0 Å². The molecular weight excluding hydrogens is 431 g/mol. The second kappa shape index (κ2) is 8.40. The summed E-state index contributed by atoms with van der Waals surface area (Å²) in [4.78, 5) is 17.0. The summed E-state index contributed by atoms with van der Waals surface area (Å²) in [5.41, 5.74) is 1.03. The Balaban J connectivity index is 1.49. The number of nitrogens with one attached hydrogen (secondary N) is 2. The fraction of sp³-hybridized carbons (Fsp3) is 0.364. The predicted molar refractivity (Wildman–Crippen MR) is 110 cm³/mol. The van der Waals surface area contributed by atoms with Gasteiger partial charge in [-0.15, -0.1) is 0 Å². The monoisotopic (exact) mass is 452 g/mol. The number of carbonyl (C=O) groups excluding carboxylic acids is 1. The number of rotatable bonds is 4. The van der Waals surface area contributed by atoms with Crippen molar-refractivity contribution in [2.75, 3.05) is 5.32 Å². The van der Waals surface area contributed by atoms with Crippen LogP contribution in [-0.2, 0) is 7.05 Å². The Morgan fingerprint density at radius 2 is 1.72 bits per heavy atom. The molecule has 32 heavy (non-hydrogen) atoms. The normalized spacial score (nSPS) is 19.2. The Morgan fingerprint density at radius 3 is 2.34 bits per heavy atom. The number of nitrogens with zero attached hydrogens (tertiary/aromatic N) is 2. The smallest absolute Gasteiger partial charge is 0.349 e. The van der Waals surface area contributed by atoms with Crippen LogP contribution < -0.4 is 10.6 Å². The van der Waals surface area contributed by atoms with Crippen LogP contribution in [0.15, 0.2) is 36.4 Å². The maximum Gasteiger partial charge on any atom is 0.391 e. The zero-order valence-electron chi connectivity index (χ0n) is 17.1. The Kier molecular flexibility index (Phi) is 5.79. The first-order valence-electron chi connectivity index (χ1n) is 10.2. The van der Waals surface area contributed by atoms with E-state index in [0.717, 1.165) is 12.1 Å². The van der Waals surface area contributed by atoms with Gasteiger partial charge < -0.3 is 15.2 Å². The molecule has 0 saturated heterocycles. The molecule has 170 valence electrons. The van der Waals surface area contributed by atoms with Crippen LogP contribution in [0.4, 0.5) is 33.6 Å². The molecule has 1 heterocycles. The number of benzene rings is 2. The lowest BCUT2D eigenvalue weighted by Gasteiger charge is -2.30. The van der Waals surface area contributed by atoms with Crippen molar-refractivity contribution in [3.05, 3.63) is 53.6 Å². The molecule has 1 saturated carbocycles. The Hall–Kier alpha value is -3.17. The van der Waals surface area contributed by atoms with E-state index < -0.39 is 29.6 Å². The lowest BCUT2D eigenvalue weighted by molar-refractivity contribution is -0.182. The lowest BCUT2D eigenvalue weighted by Crippen LogP contribution is -2.40. The zero-order chi connectivity index (χ0) is 23.0. The molecule has 2 N–H and O–H groups in total. The Morgan fingerprint density at radius 1 is 1.06 bits per heavy atom. The van der Waals surface area contributed by atoms with Crippen molar-refractivity contribution in [1.29, 1.82) is 0 Å². The summed E-state index contributed by atoms with van der Waals surface area (Å²) in [6, 6.07) is 7.95. The fourth-order valence-electron chi connectivity index (χ4n) is 4.02. The summed E-state index contributed by atoms with van der Waals surface area (Å²) in [7, 11) is 1.66. The van der Waals surface area contributed by atoms with Gasteiger partial charge in [-0.2, -0.15) is 13.2 Å². The van der Waals surface area contributed by atoms with Gasteiger partial charge in [0.05, 0.1) is 17.0 Å². The van der Waals surface area contributed by atoms with Crippen molar-refractivity contribution in [1.82, 2.24) is 14.9 Å². The number of hydrogen-bond donors (Lipinski definition) is 2. The minimum Gasteiger partial charge on any atom is -0.349 e. The molecule has 5 nitrogen and oxygen atoms in total. The predicted octanol–water partition coefficient (Wildman–Crippen LogP) is 5.45. The first-order chi connectivity index (χ1) is 15.1. The van der Waals surface area contributed by atoms with E-state index in [1.165, 1.54) is 12.1 Å². The third kappa shape index (κ3) is 4.39. The van der Waals surface area contributed by atoms with E-state index in [0.29, 0.717) is 16.6 Å². The SMILES string of the molecule is Cn1c(Nc2c(F)cccc2F)nc2cc(C(=O)NC3CCC(C(F)(F)F)CC3)ccc21. The van der Waals surface area contributed by atoms with Crippen LogP contribution in [0, 0.1) is 17.6 Å². The van der Waals surface area contributed by atoms with Gasteiger partial charge >= 0.3 is 6.18 Å². The molecule has 0 bridgehead atoms. The van der Waals surface area contributed by atoms with E-state index in [-0.39, 0.29) is 43.4 Å². The number of halogens is 5. The molecule has 0 radical (unpaired) electrons. The number of para-hydroxylation sites is 1. The molecule has 0 aliphatic heterocycles. The van der Waals surface area contributed by atoms with Gasteiger partial charge in [0.15, 0.2) is 0 Å². The minimum absolute atomic E-state index is 0.00461. The second-order valence-corrected chi connectivity index (χ2v) is 7.98. The lowest BCUT2D eigenvalue weighted by atomic mass is 9.85. The van der Waals surface area contributed by atoms with Crippen LogP contribution in [0.5, 0.6) is 0 Å². The first-order valence-corrected chi connectivity index (χ1v) is 10.2. The number of aryl methyl sites for hydroxylation is 1. The molecule has 0 spiro atoms. The molecular formula is C22H21F5N4O. The number of alkyl halides is 3. The van der Waals surface area contributed by atoms with Crippen molar-refractivity contribution < 1.29 is 26.7 Å². The van der Waals surface area contributed by atoms with Gasteiger partial charge in [0.1, 0.15) is 17.3 Å². The number of imidazole rings is 1. The number of amides is 1. The molecule has 1 aliphatic carbocycles. The highest BCUT2D eigenvalue weighted by Gasteiger charge is 2.41. The molecule has 4 rings (SSSR count). The number of hydrogen-bond acceptors (Lipinski definition) is 3. The highest BCUT2D eigenvalue weighted by atomic mass is 19.4. The largest absolute Gasteiger partial charge is 0.391 e. The summed E-state index contributed by atoms with van der Waals surface area (Å²) in [5.74, 6) is -3.06. The van der Waals surface area contributed by atoms with Crippen molar-refractivity contribution >= 4 is 28.6 Å². The average molecular weight is 452 g/mol. The maximum atomic E-state index is 14.0. The third-order valence-electron chi connectivity index (χ3n) is 5.87. The van der Waals surface area contributed by atoms with Gasteiger partial charge in [0, 0.05) is 18.7 Å². The number of carbonyl (C=O) groups is 1. The van der Waals surface area contributed by atoms with E-state index in [4.69, 9.17) is 0 Å². The van der Waals surface area contributed by atoms with Crippen molar-refractivity contribution in [2.24, 2.45) is 13.0 Å². The summed E-state index contributed by atoms with van der Waals surface area (Å²) in [6.07, 6.45) is -3.67. The van der Waals surface area contributed by atoms with Gasteiger partial charge in [0.2, 0.25) is 5.95 Å². The first kappa shape index (κ1) is 22.0. The molecule has 3 aromatic rings. The number of fused-ring (bicyclic) bond motifs is 1. The maximum absolute atomic E-state index is 14.0. The zero-order valence-corrected chi connectivity index (χ0v) is 17.1. The van der Waals surface area contributed by atoms with Crippen LogP contribution >= 0.6 is 0 Å². The molecule has 10 heteroatoms. The topological polar surface area (TPSA) is 59.0 Å². The highest BCUT2D eigenvalue weighted by molar-refractivity contribution is 5.98. The molecule has 1 fully saturated rings. The highest BCUT2D eigenvalue weighted by Crippen LogP contribution is 2.37. The third-order valence-corrected chi connectivity index (χ3v) is 5.87. The van der Waals surface area contributed by atoms with Gasteiger partial charge in [-0.3, -0.25) is 4.79 Å². The number of aromatic nitrogens is 2. The van der Waals surface area contributed by atoms with E-state index in [1.54, 1.807) is 23.7 Å². The minimum atomic E-state index is -4.20. The standard InChI is InChI=1S/C22H21F5N4O/c1-31-18-10-5-12(20(32)28-14-8-6-13(7-9-14)22(25,26)27)11-17(18)29-21(31)30-19-15(23)3-2-4-16(19)24/h2-5,10-11,13-14H,6-9H2,1H3,(H,28,32)(H,29,30). The molecule has 0 unspecified atom stereocenters. The molecule has 1 amide bonds. The van der Waals surface area contributed by atoms with Gasteiger partial charge in [-0.25, -0.2) is 13.8 Å². The molecule has 1 aliphatic rings. The van der Waals surface area contributed by atoms with Gasteiger partial charge in [-0.05, 0) is 56.0 Å². The fourth-order valence-corrected chi connectivity index (χ4v) is 4.02. The van der Waals surface area contributed by atoms with Crippen molar-refractivity contribution in [3.8, 4) is 0 Å².